The number of nitrogens with one attached hydrogen (secondary N) is 2. The minimum absolute atomic E-state index is 0.000425. The highest BCUT2D eigenvalue weighted by molar-refractivity contribution is 7.89. The highest BCUT2D eigenvalue weighted by Gasteiger charge is 2.09. The van der Waals surface area contributed by atoms with Crippen LogP contribution in [-0.2, 0) is 10.0 Å². The molecule has 0 atom stereocenters. The van der Waals surface area contributed by atoms with Crippen LogP contribution >= 0.6 is 0 Å². The van der Waals surface area contributed by atoms with E-state index in [0.717, 1.165) is 19.5 Å². The van der Waals surface area contributed by atoms with Gasteiger partial charge in [0.1, 0.15) is 0 Å². The van der Waals surface area contributed by atoms with E-state index < -0.39 is 10.0 Å². The fourth-order valence-electron chi connectivity index (χ4n) is 1.39. The number of hydrogen-bond acceptors (Lipinski definition) is 4. The first kappa shape index (κ1) is 19.6. The fourth-order valence-corrected chi connectivity index (χ4v) is 1.90. The summed E-state index contributed by atoms with van der Waals surface area (Å²) in [6.07, 6.45) is 0.848. The standard InChI is InChI=1S/C10H14N2O3S.C4H11N/c1-2-7-12-10(13)8-3-5-9(6-4-8)16(11,14)15;1-3-5-4-2/h3-6H,2,7H2,1H3,(H,12,13)(H2,11,14,15);5H,3-4H2,1-2H3. The highest BCUT2D eigenvalue weighted by Crippen LogP contribution is 2.08. The fraction of sp³-hybridized carbons (Fsp3) is 0.500. The van der Waals surface area contributed by atoms with Crippen molar-refractivity contribution in [2.24, 2.45) is 5.14 Å². The van der Waals surface area contributed by atoms with Crippen molar-refractivity contribution in [3.05, 3.63) is 29.8 Å². The third-order valence-electron chi connectivity index (χ3n) is 2.48. The van der Waals surface area contributed by atoms with Crippen LogP contribution in [0, 0.1) is 0 Å². The molecule has 0 fully saturated rings. The van der Waals surface area contributed by atoms with E-state index in [4.69, 9.17) is 5.14 Å². The summed E-state index contributed by atoms with van der Waals surface area (Å²) in [4.78, 5) is 11.5. The molecule has 1 aromatic carbocycles. The number of nitrogens with two attached hydrogens (primary N) is 1. The van der Waals surface area contributed by atoms with Gasteiger partial charge in [0, 0.05) is 12.1 Å². The lowest BCUT2D eigenvalue weighted by Gasteiger charge is -2.04. The Balaban J connectivity index is 0.000000690. The van der Waals surface area contributed by atoms with Crippen molar-refractivity contribution in [1.82, 2.24) is 10.6 Å². The van der Waals surface area contributed by atoms with E-state index in [1.807, 2.05) is 6.92 Å². The zero-order chi connectivity index (χ0) is 16.3. The Bertz CT molecular complexity index is 511. The van der Waals surface area contributed by atoms with Crippen LogP contribution < -0.4 is 15.8 Å². The Labute approximate surface area is 127 Å². The van der Waals surface area contributed by atoms with Gasteiger partial charge in [0.25, 0.3) is 5.91 Å². The maximum Gasteiger partial charge on any atom is 0.251 e. The van der Waals surface area contributed by atoms with Gasteiger partial charge in [0.15, 0.2) is 0 Å². The molecule has 0 aromatic heterocycles. The summed E-state index contributed by atoms with van der Waals surface area (Å²) in [5.74, 6) is -0.220. The SMILES string of the molecule is CCCNC(=O)c1ccc(S(N)(=O)=O)cc1.CCNCC. The average Bonchev–Trinajstić information content (AvgIpc) is 2.45. The third kappa shape index (κ3) is 8.44. The van der Waals surface area contributed by atoms with Crippen molar-refractivity contribution in [3.63, 3.8) is 0 Å². The predicted molar refractivity (Wildman–Crippen MR) is 84.7 cm³/mol. The molecule has 21 heavy (non-hydrogen) atoms. The van der Waals surface area contributed by atoms with E-state index in [9.17, 15) is 13.2 Å². The molecule has 1 amide bonds. The Morgan fingerprint density at radius 3 is 1.95 bits per heavy atom. The molecule has 0 radical (unpaired) electrons. The van der Waals surface area contributed by atoms with E-state index >= 15 is 0 Å². The highest BCUT2D eigenvalue weighted by atomic mass is 32.2. The van der Waals surface area contributed by atoms with Gasteiger partial charge in [-0.15, -0.1) is 0 Å². The Morgan fingerprint density at radius 2 is 1.62 bits per heavy atom. The molecule has 0 heterocycles. The molecule has 6 nitrogen and oxygen atoms in total. The van der Waals surface area contributed by atoms with Crippen LogP contribution in [0.3, 0.4) is 0 Å². The predicted octanol–water partition coefficient (Wildman–Crippen LogP) is 1.09. The smallest absolute Gasteiger partial charge is 0.251 e. The molecule has 0 aliphatic heterocycles. The second-order valence-electron chi connectivity index (χ2n) is 4.28. The second kappa shape index (κ2) is 10.3. The van der Waals surface area contributed by atoms with Crippen LogP contribution in [0.15, 0.2) is 29.2 Å². The van der Waals surface area contributed by atoms with E-state index in [1.54, 1.807) is 0 Å². The lowest BCUT2D eigenvalue weighted by molar-refractivity contribution is 0.0953. The summed E-state index contributed by atoms with van der Waals surface area (Å²) < 4.78 is 21.9. The average molecular weight is 315 g/mol. The molecule has 0 saturated carbocycles. The summed E-state index contributed by atoms with van der Waals surface area (Å²) in [6.45, 7) is 8.93. The summed E-state index contributed by atoms with van der Waals surface area (Å²) in [5, 5.41) is 10.7. The first-order chi connectivity index (χ1) is 9.86. The van der Waals surface area contributed by atoms with Gasteiger partial charge < -0.3 is 10.6 Å². The minimum Gasteiger partial charge on any atom is -0.352 e. The van der Waals surface area contributed by atoms with Gasteiger partial charge in [0.2, 0.25) is 10.0 Å². The van der Waals surface area contributed by atoms with Crippen LogP contribution in [0.2, 0.25) is 0 Å². The van der Waals surface area contributed by atoms with Crippen molar-refractivity contribution in [1.29, 1.82) is 0 Å². The largest absolute Gasteiger partial charge is 0.352 e. The maximum absolute atomic E-state index is 11.5. The molecule has 0 unspecified atom stereocenters. The molecule has 0 saturated heterocycles. The number of sulfonamides is 1. The molecule has 120 valence electrons. The molecule has 7 heteroatoms. The Kier molecular flexibility index (Phi) is 9.60. The Morgan fingerprint density at radius 1 is 1.10 bits per heavy atom. The normalized spacial score (nSPS) is 10.5. The Hall–Kier alpha value is -1.44. The van der Waals surface area contributed by atoms with E-state index in [0.29, 0.717) is 12.1 Å². The van der Waals surface area contributed by atoms with Crippen molar-refractivity contribution >= 4 is 15.9 Å². The molecule has 1 rings (SSSR count). The van der Waals surface area contributed by atoms with E-state index in [-0.39, 0.29) is 10.8 Å². The summed E-state index contributed by atoms with van der Waals surface area (Å²) in [7, 11) is -3.69. The van der Waals surface area contributed by atoms with E-state index in [2.05, 4.69) is 24.5 Å². The monoisotopic (exact) mass is 315 g/mol. The van der Waals surface area contributed by atoms with Gasteiger partial charge in [-0.2, -0.15) is 0 Å². The topological polar surface area (TPSA) is 101 Å². The van der Waals surface area contributed by atoms with Gasteiger partial charge in [-0.3, -0.25) is 4.79 Å². The van der Waals surface area contributed by atoms with Crippen LogP contribution in [0.5, 0.6) is 0 Å². The summed E-state index contributed by atoms with van der Waals surface area (Å²) >= 11 is 0. The molecule has 0 aliphatic rings. The molecule has 0 aliphatic carbocycles. The van der Waals surface area contributed by atoms with Gasteiger partial charge in [-0.25, -0.2) is 13.6 Å². The maximum atomic E-state index is 11.5. The number of carbonyl (C=O) groups excluding carboxylic acids is 1. The lowest BCUT2D eigenvalue weighted by atomic mass is 10.2. The van der Waals surface area contributed by atoms with Crippen molar-refractivity contribution < 1.29 is 13.2 Å². The summed E-state index contributed by atoms with van der Waals surface area (Å²) in [5.41, 5.74) is 0.417. The van der Waals surface area contributed by atoms with Gasteiger partial charge in [-0.1, -0.05) is 20.8 Å². The number of carbonyl (C=O) groups is 1. The number of benzene rings is 1. The van der Waals surface area contributed by atoms with Crippen LogP contribution in [-0.4, -0.2) is 34.0 Å². The zero-order valence-electron chi connectivity index (χ0n) is 12.8. The molecular formula is C14H25N3O3S. The van der Waals surface area contributed by atoms with Crippen LogP contribution in [0.25, 0.3) is 0 Å². The third-order valence-corrected chi connectivity index (χ3v) is 3.41. The molecule has 4 N–H and O–H groups in total. The molecule has 0 bridgehead atoms. The summed E-state index contributed by atoms with van der Waals surface area (Å²) in [6, 6.07) is 5.50. The van der Waals surface area contributed by atoms with Gasteiger partial charge in [0.05, 0.1) is 4.90 Å². The van der Waals surface area contributed by atoms with Crippen LogP contribution in [0.4, 0.5) is 0 Å². The zero-order valence-corrected chi connectivity index (χ0v) is 13.7. The number of rotatable bonds is 6. The number of primary sulfonamides is 1. The van der Waals surface area contributed by atoms with Crippen molar-refractivity contribution in [3.8, 4) is 0 Å². The first-order valence-electron chi connectivity index (χ1n) is 6.98. The van der Waals surface area contributed by atoms with Crippen LogP contribution in [0.1, 0.15) is 37.6 Å². The second-order valence-corrected chi connectivity index (χ2v) is 5.84. The quantitative estimate of drug-likeness (QED) is 0.731. The van der Waals surface area contributed by atoms with Crippen molar-refractivity contribution in [2.75, 3.05) is 19.6 Å². The lowest BCUT2D eigenvalue weighted by Crippen LogP contribution is -2.24. The van der Waals surface area contributed by atoms with Gasteiger partial charge in [-0.05, 0) is 43.8 Å². The first-order valence-corrected chi connectivity index (χ1v) is 8.53. The minimum atomic E-state index is -3.69. The van der Waals surface area contributed by atoms with Gasteiger partial charge >= 0.3 is 0 Å². The number of amides is 1. The van der Waals surface area contributed by atoms with E-state index in [1.165, 1.54) is 24.3 Å². The van der Waals surface area contributed by atoms with Crippen molar-refractivity contribution in [2.45, 2.75) is 32.1 Å². The molecular weight excluding hydrogens is 290 g/mol. The molecule has 0 spiro atoms. The number of hydrogen-bond donors (Lipinski definition) is 3. The molecule has 1 aromatic rings.